The fourth-order valence-corrected chi connectivity index (χ4v) is 5.48. The first-order chi connectivity index (χ1) is 15.3. The number of furan rings is 1. The molecule has 0 saturated carbocycles. The molecular weight excluding hydrogens is 432 g/mol. The third kappa shape index (κ3) is 4.64. The second kappa shape index (κ2) is 8.93. The smallest absolute Gasteiger partial charge is 0.243 e. The minimum Gasteiger partial charge on any atom is -0.497 e. The normalized spacial score (nSPS) is 19.7. The minimum atomic E-state index is -3.63. The summed E-state index contributed by atoms with van der Waals surface area (Å²) in [5, 5.41) is 3.65. The number of methoxy groups -OCH3 is 1. The van der Waals surface area contributed by atoms with Crippen LogP contribution in [0.5, 0.6) is 5.75 Å². The lowest BCUT2D eigenvalue weighted by atomic mass is 10.1. The van der Waals surface area contributed by atoms with E-state index in [9.17, 15) is 13.2 Å². The first-order valence-corrected chi connectivity index (χ1v) is 11.8. The Bertz CT molecular complexity index is 1210. The number of fused-ring (bicyclic) bond motifs is 1. The number of benzene rings is 2. The van der Waals surface area contributed by atoms with E-state index in [0.717, 1.165) is 10.9 Å². The molecule has 0 aliphatic carbocycles. The molecule has 8 nitrogen and oxygen atoms in total. The molecule has 32 heavy (non-hydrogen) atoms. The Balaban J connectivity index is 1.43. The lowest BCUT2D eigenvalue weighted by Crippen LogP contribution is -2.48. The number of hydrogen-bond acceptors (Lipinski definition) is 6. The summed E-state index contributed by atoms with van der Waals surface area (Å²) in [6.07, 6.45) is 1.37. The van der Waals surface area contributed by atoms with Crippen LogP contribution in [0.1, 0.15) is 19.4 Å². The maximum Gasteiger partial charge on any atom is 0.243 e. The van der Waals surface area contributed by atoms with Gasteiger partial charge in [-0.2, -0.15) is 4.31 Å². The SMILES string of the molecule is COc1ccc2c(CC(=O)Nc3ccc(S(=O)(=O)N4CC(C)OC(C)C4)cc3)coc2c1. The molecule has 1 aliphatic rings. The van der Waals surface area contributed by atoms with Gasteiger partial charge in [0.1, 0.15) is 11.3 Å². The predicted octanol–water partition coefficient (Wildman–Crippen LogP) is 3.42. The number of carbonyl (C=O) groups is 1. The zero-order valence-electron chi connectivity index (χ0n) is 18.2. The zero-order chi connectivity index (χ0) is 22.9. The van der Waals surface area contributed by atoms with Gasteiger partial charge in [-0.25, -0.2) is 8.42 Å². The average Bonchev–Trinajstić information content (AvgIpc) is 3.15. The summed E-state index contributed by atoms with van der Waals surface area (Å²) in [5.41, 5.74) is 1.93. The summed E-state index contributed by atoms with van der Waals surface area (Å²) in [7, 11) is -2.05. The van der Waals surface area contributed by atoms with Gasteiger partial charge in [0.15, 0.2) is 0 Å². The second-order valence-corrected chi connectivity index (χ2v) is 9.89. The van der Waals surface area contributed by atoms with Crippen molar-refractivity contribution in [2.75, 3.05) is 25.5 Å². The van der Waals surface area contributed by atoms with Crippen LogP contribution < -0.4 is 10.1 Å². The molecule has 0 spiro atoms. The molecule has 4 rings (SSSR count). The van der Waals surface area contributed by atoms with E-state index in [1.54, 1.807) is 31.6 Å². The third-order valence-corrected chi connectivity index (χ3v) is 7.22. The molecule has 1 aromatic heterocycles. The van der Waals surface area contributed by atoms with Crippen LogP contribution in [-0.2, 0) is 26.0 Å². The molecule has 170 valence electrons. The maximum atomic E-state index is 13.0. The van der Waals surface area contributed by atoms with Gasteiger partial charge >= 0.3 is 0 Å². The first-order valence-electron chi connectivity index (χ1n) is 10.4. The fourth-order valence-electron chi connectivity index (χ4n) is 3.89. The number of ether oxygens (including phenoxy) is 2. The van der Waals surface area contributed by atoms with Gasteiger partial charge in [0.2, 0.25) is 15.9 Å². The molecule has 1 N–H and O–H groups in total. The van der Waals surface area contributed by atoms with Crippen molar-refractivity contribution in [2.45, 2.75) is 37.4 Å². The van der Waals surface area contributed by atoms with Crippen LogP contribution in [0, 0.1) is 0 Å². The molecule has 1 saturated heterocycles. The van der Waals surface area contributed by atoms with Crippen LogP contribution in [0.15, 0.2) is 58.0 Å². The number of amides is 1. The Morgan fingerprint density at radius 2 is 1.81 bits per heavy atom. The molecule has 1 aliphatic heterocycles. The minimum absolute atomic E-state index is 0.128. The Morgan fingerprint density at radius 3 is 2.47 bits per heavy atom. The molecule has 2 atom stereocenters. The standard InChI is InChI=1S/C23H26N2O6S/c1-15-12-25(13-16(2)31-15)32(27,28)20-7-4-18(5-8-20)24-23(26)10-17-14-30-22-11-19(29-3)6-9-21(17)22/h4-9,11,14-16H,10,12-13H2,1-3H3,(H,24,26). The highest BCUT2D eigenvalue weighted by atomic mass is 32.2. The summed E-state index contributed by atoms with van der Waals surface area (Å²) < 4.78 is 43.7. The Labute approximate surface area is 187 Å². The van der Waals surface area contributed by atoms with Crippen molar-refractivity contribution in [1.29, 1.82) is 0 Å². The number of carbonyl (C=O) groups excluding carboxylic acids is 1. The summed E-state index contributed by atoms with van der Waals surface area (Å²) in [4.78, 5) is 12.7. The van der Waals surface area contributed by atoms with E-state index in [-0.39, 0.29) is 29.4 Å². The summed E-state index contributed by atoms with van der Waals surface area (Å²) in [5.74, 6) is 0.453. The van der Waals surface area contributed by atoms with Crippen molar-refractivity contribution >= 4 is 32.6 Å². The number of sulfonamides is 1. The van der Waals surface area contributed by atoms with Gasteiger partial charge in [-0.3, -0.25) is 4.79 Å². The molecule has 1 fully saturated rings. The molecule has 3 aromatic rings. The van der Waals surface area contributed by atoms with E-state index in [1.807, 2.05) is 26.0 Å². The van der Waals surface area contributed by atoms with Crippen LogP contribution in [0.4, 0.5) is 5.69 Å². The van der Waals surface area contributed by atoms with Crippen LogP contribution >= 0.6 is 0 Å². The molecule has 1 amide bonds. The average molecular weight is 459 g/mol. The Morgan fingerprint density at radius 1 is 1.12 bits per heavy atom. The highest BCUT2D eigenvalue weighted by Gasteiger charge is 2.32. The van der Waals surface area contributed by atoms with Gasteiger partial charge in [-0.1, -0.05) is 0 Å². The second-order valence-electron chi connectivity index (χ2n) is 7.95. The molecule has 2 aromatic carbocycles. The van der Waals surface area contributed by atoms with Crippen molar-refractivity contribution in [3.05, 3.63) is 54.3 Å². The number of nitrogens with zero attached hydrogens (tertiary/aromatic N) is 1. The molecule has 2 heterocycles. The quantitative estimate of drug-likeness (QED) is 0.608. The molecule has 0 radical (unpaired) electrons. The van der Waals surface area contributed by atoms with Gasteiger partial charge in [0.05, 0.1) is 36.9 Å². The van der Waals surface area contributed by atoms with Gasteiger partial charge < -0.3 is 19.2 Å². The predicted molar refractivity (Wildman–Crippen MR) is 120 cm³/mol. The van der Waals surface area contributed by atoms with Crippen LogP contribution in [-0.4, -0.2) is 51.0 Å². The van der Waals surface area contributed by atoms with Gasteiger partial charge in [-0.15, -0.1) is 0 Å². The molecule has 2 unspecified atom stereocenters. The van der Waals surface area contributed by atoms with Crippen molar-refractivity contribution in [1.82, 2.24) is 4.31 Å². The first kappa shape index (κ1) is 22.3. The Kier molecular flexibility index (Phi) is 6.23. The summed E-state index contributed by atoms with van der Waals surface area (Å²) in [6.45, 7) is 4.35. The number of nitrogens with one attached hydrogen (secondary N) is 1. The third-order valence-electron chi connectivity index (χ3n) is 5.38. The van der Waals surface area contributed by atoms with E-state index < -0.39 is 10.0 Å². The lowest BCUT2D eigenvalue weighted by molar-refractivity contribution is -0.115. The van der Waals surface area contributed by atoms with Crippen molar-refractivity contribution < 1.29 is 27.1 Å². The number of rotatable bonds is 6. The van der Waals surface area contributed by atoms with Gasteiger partial charge in [0, 0.05) is 35.8 Å². The van der Waals surface area contributed by atoms with Gasteiger partial charge in [-0.05, 0) is 50.2 Å². The van der Waals surface area contributed by atoms with E-state index in [2.05, 4.69) is 5.32 Å². The van der Waals surface area contributed by atoms with E-state index in [4.69, 9.17) is 13.9 Å². The number of morpholine rings is 1. The van der Waals surface area contributed by atoms with E-state index >= 15 is 0 Å². The van der Waals surface area contributed by atoms with Crippen molar-refractivity contribution in [3.8, 4) is 5.75 Å². The molecular formula is C23H26N2O6S. The van der Waals surface area contributed by atoms with Crippen LogP contribution in [0.3, 0.4) is 0 Å². The Hall–Kier alpha value is -2.88. The largest absolute Gasteiger partial charge is 0.497 e. The maximum absolute atomic E-state index is 13.0. The van der Waals surface area contributed by atoms with Crippen LogP contribution in [0.25, 0.3) is 11.0 Å². The monoisotopic (exact) mass is 458 g/mol. The highest BCUT2D eigenvalue weighted by molar-refractivity contribution is 7.89. The topological polar surface area (TPSA) is 98.1 Å². The van der Waals surface area contributed by atoms with E-state index in [0.29, 0.717) is 30.1 Å². The van der Waals surface area contributed by atoms with Crippen molar-refractivity contribution in [2.24, 2.45) is 0 Å². The lowest BCUT2D eigenvalue weighted by Gasteiger charge is -2.34. The van der Waals surface area contributed by atoms with Gasteiger partial charge in [0.25, 0.3) is 0 Å². The molecule has 0 bridgehead atoms. The number of anilines is 1. The van der Waals surface area contributed by atoms with Crippen LogP contribution in [0.2, 0.25) is 0 Å². The fraction of sp³-hybridized carbons (Fsp3) is 0.348. The highest BCUT2D eigenvalue weighted by Crippen LogP contribution is 2.26. The zero-order valence-corrected chi connectivity index (χ0v) is 19.0. The summed E-state index contributed by atoms with van der Waals surface area (Å²) in [6, 6.07) is 11.6. The van der Waals surface area contributed by atoms with E-state index in [1.165, 1.54) is 16.4 Å². The summed E-state index contributed by atoms with van der Waals surface area (Å²) >= 11 is 0. The number of hydrogen-bond donors (Lipinski definition) is 1. The van der Waals surface area contributed by atoms with Crippen molar-refractivity contribution in [3.63, 3.8) is 0 Å². The molecule has 9 heteroatoms.